The van der Waals surface area contributed by atoms with Gasteiger partial charge in [-0.15, -0.1) is 0 Å². The third-order valence-corrected chi connectivity index (χ3v) is 3.99. The summed E-state index contributed by atoms with van der Waals surface area (Å²) >= 11 is 3.50. The monoisotopic (exact) mass is 349 g/mol. The lowest BCUT2D eigenvalue weighted by Crippen LogP contribution is -2.25. The normalized spacial score (nSPS) is 12.0. The summed E-state index contributed by atoms with van der Waals surface area (Å²) in [6, 6.07) is 14.2. The topological polar surface area (TPSA) is 44.5 Å². The number of halogens is 1. The molecule has 0 fully saturated rings. The molecule has 0 aromatic heterocycles. The highest BCUT2D eigenvalue weighted by atomic mass is 79.9. The van der Waals surface area contributed by atoms with Crippen molar-refractivity contribution in [3.05, 3.63) is 58.1 Å². The van der Waals surface area contributed by atoms with Crippen LogP contribution in [0.25, 0.3) is 0 Å². The molecular formula is C17H20BrNO2. The second-order valence-electron chi connectivity index (χ2n) is 4.99. The molecule has 112 valence electrons. The van der Waals surface area contributed by atoms with Crippen molar-refractivity contribution in [1.82, 2.24) is 0 Å². The standard InChI is InChI=1S/C17H20BrNO2/c1-20-15-6-3-12(4-7-15)9-14(19)10-13-5-8-17(21-2)16(18)11-13/h3-8,11,14H,9-10,19H2,1-2H3. The van der Waals surface area contributed by atoms with Crippen LogP contribution in [0.4, 0.5) is 0 Å². The fourth-order valence-corrected chi connectivity index (χ4v) is 2.86. The molecule has 0 heterocycles. The van der Waals surface area contributed by atoms with Gasteiger partial charge in [0.1, 0.15) is 11.5 Å². The average molecular weight is 350 g/mol. The molecule has 0 aliphatic rings. The molecule has 2 aromatic carbocycles. The van der Waals surface area contributed by atoms with Crippen molar-refractivity contribution in [2.75, 3.05) is 14.2 Å². The van der Waals surface area contributed by atoms with Crippen molar-refractivity contribution >= 4 is 15.9 Å². The molecule has 0 bridgehead atoms. The van der Waals surface area contributed by atoms with E-state index in [1.807, 2.05) is 18.2 Å². The lowest BCUT2D eigenvalue weighted by molar-refractivity contribution is 0.412. The molecule has 0 spiro atoms. The van der Waals surface area contributed by atoms with E-state index in [0.717, 1.165) is 28.8 Å². The third kappa shape index (κ3) is 4.48. The first-order chi connectivity index (χ1) is 10.1. The highest BCUT2D eigenvalue weighted by Crippen LogP contribution is 2.26. The summed E-state index contributed by atoms with van der Waals surface area (Å²) in [6.45, 7) is 0. The number of nitrogens with two attached hydrogens (primary N) is 1. The Kier molecular flexibility index (Phi) is 5.65. The maximum atomic E-state index is 6.25. The van der Waals surface area contributed by atoms with Crippen LogP contribution in [0.5, 0.6) is 11.5 Å². The van der Waals surface area contributed by atoms with Gasteiger partial charge in [-0.25, -0.2) is 0 Å². The highest BCUT2D eigenvalue weighted by molar-refractivity contribution is 9.10. The van der Waals surface area contributed by atoms with Crippen LogP contribution >= 0.6 is 15.9 Å². The first-order valence-electron chi connectivity index (χ1n) is 6.83. The molecule has 4 heteroatoms. The molecule has 0 amide bonds. The van der Waals surface area contributed by atoms with Gasteiger partial charge in [-0.05, 0) is 64.2 Å². The van der Waals surface area contributed by atoms with E-state index in [9.17, 15) is 0 Å². The fraction of sp³-hybridized carbons (Fsp3) is 0.294. The largest absolute Gasteiger partial charge is 0.497 e. The van der Waals surface area contributed by atoms with E-state index in [1.54, 1.807) is 14.2 Å². The van der Waals surface area contributed by atoms with Crippen LogP contribution in [-0.2, 0) is 12.8 Å². The third-order valence-electron chi connectivity index (χ3n) is 3.37. The van der Waals surface area contributed by atoms with E-state index in [1.165, 1.54) is 11.1 Å². The van der Waals surface area contributed by atoms with Crippen LogP contribution in [-0.4, -0.2) is 20.3 Å². The average Bonchev–Trinajstić information content (AvgIpc) is 2.48. The van der Waals surface area contributed by atoms with E-state index >= 15 is 0 Å². The van der Waals surface area contributed by atoms with Crippen molar-refractivity contribution in [2.45, 2.75) is 18.9 Å². The number of ether oxygens (including phenoxy) is 2. The Morgan fingerprint density at radius 2 is 1.57 bits per heavy atom. The second kappa shape index (κ2) is 7.48. The predicted octanol–water partition coefficient (Wildman–Crippen LogP) is 3.58. The first-order valence-corrected chi connectivity index (χ1v) is 7.62. The summed E-state index contributed by atoms with van der Waals surface area (Å²) in [5.41, 5.74) is 8.67. The Bertz CT molecular complexity index is 584. The lowest BCUT2D eigenvalue weighted by atomic mass is 9.99. The van der Waals surface area contributed by atoms with Crippen LogP contribution in [0, 0.1) is 0 Å². The Labute approximate surface area is 134 Å². The Hall–Kier alpha value is -1.52. The molecule has 0 saturated carbocycles. The first kappa shape index (κ1) is 15.9. The van der Waals surface area contributed by atoms with Gasteiger partial charge in [0.05, 0.1) is 18.7 Å². The maximum absolute atomic E-state index is 6.25. The smallest absolute Gasteiger partial charge is 0.133 e. The quantitative estimate of drug-likeness (QED) is 0.866. The zero-order valence-corrected chi connectivity index (χ0v) is 13.9. The SMILES string of the molecule is COc1ccc(CC(N)Cc2ccc(OC)c(Br)c2)cc1. The summed E-state index contributed by atoms with van der Waals surface area (Å²) in [6.07, 6.45) is 1.67. The van der Waals surface area contributed by atoms with E-state index in [2.05, 4.69) is 40.2 Å². The minimum absolute atomic E-state index is 0.0821. The van der Waals surface area contributed by atoms with Crippen molar-refractivity contribution in [3.63, 3.8) is 0 Å². The summed E-state index contributed by atoms with van der Waals surface area (Å²) in [5.74, 6) is 1.70. The number of hydrogen-bond donors (Lipinski definition) is 1. The molecule has 0 aliphatic heterocycles. The maximum Gasteiger partial charge on any atom is 0.133 e. The van der Waals surface area contributed by atoms with Crippen molar-refractivity contribution in [1.29, 1.82) is 0 Å². The molecule has 1 atom stereocenters. The summed E-state index contributed by atoms with van der Waals surface area (Å²) in [7, 11) is 3.33. The highest BCUT2D eigenvalue weighted by Gasteiger charge is 2.08. The van der Waals surface area contributed by atoms with E-state index < -0.39 is 0 Å². The Morgan fingerprint density at radius 3 is 2.14 bits per heavy atom. The van der Waals surface area contributed by atoms with Gasteiger partial charge in [-0.2, -0.15) is 0 Å². The number of methoxy groups -OCH3 is 2. The van der Waals surface area contributed by atoms with Gasteiger partial charge >= 0.3 is 0 Å². The van der Waals surface area contributed by atoms with Crippen LogP contribution in [0.1, 0.15) is 11.1 Å². The van der Waals surface area contributed by atoms with Gasteiger partial charge in [0, 0.05) is 6.04 Å². The molecule has 2 N–H and O–H groups in total. The van der Waals surface area contributed by atoms with Crippen molar-refractivity contribution in [2.24, 2.45) is 5.73 Å². The Balaban J connectivity index is 1.97. The minimum Gasteiger partial charge on any atom is -0.497 e. The molecule has 2 rings (SSSR count). The summed E-state index contributed by atoms with van der Waals surface area (Å²) in [5, 5.41) is 0. The van der Waals surface area contributed by atoms with Crippen molar-refractivity contribution in [3.8, 4) is 11.5 Å². The zero-order chi connectivity index (χ0) is 15.2. The number of benzene rings is 2. The van der Waals surface area contributed by atoms with E-state index in [4.69, 9.17) is 15.2 Å². The van der Waals surface area contributed by atoms with Crippen LogP contribution in [0.2, 0.25) is 0 Å². The van der Waals surface area contributed by atoms with Gasteiger partial charge < -0.3 is 15.2 Å². The molecule has 0 radical (unpaired) electrons. The molecule has 3 nitrogen and oxygen atoms in total. The van der Waals surface area contributed by atoms with Crippen molar-refractivity contribution < 1.29 is 9.47 Å². The summed E-state index contributed by atoms with van der Waals surface area (Å²) < 4.78 is 11.3. The zero-order valence-electron chi connectivity index (χ0n) is 12.3. The fourth-order valence-electron chi connectivity index (χ4n) is 2.28. The second-order valence-corrected chi connectivity index (χ2v) is 5.84. The molecule has 0 aliphatic carbocycles. The van der Waals surface area contributed by atoms with Gasteiger partial charge in [-0.3, -0.25) is 0 Å². The lowest BCUT2D eigenvalue weighted by Gasteiger charge is -2.13. The van der Waals surface area contributed by atoms with Gasteiger partial charge in [0.15, 0.2) is 0 Å². The number of rotatable bonds is 6. The molecule has 0 saturated heterocycles. The van der Waals surface area contributed by atoms with E-state index in [0.29, 0.717) is 0 Å². The van der Waals surface area contributed by atoms with Gasteiger partial charge in [0.2, 0.25) is 0 Å². The molecular weight excluding hydrogens is 330 g/mol. The molecule has 21 heavy (non-hydrogen) atoms. The van der Waals surface area contributed by atoms with Gasteiger partial charge in [0.25, 0.3) is 0 Å². The predicted molar refractivity (Wildman–Crippen MR) is 89.1 cm³/mol. The van der Waals surface area contributed by atoms with Gasteiger partial charge in [-0.1, -0.05) is 18.2 Å². The Morgan fingerprint density at radius 1 is 0.952 bits per heavy atom. The number of hydrogen-bond acceptors (Lipinski definition) is 3. The van der Waals surface area contributed by atoms with Crippen LogP contribution in [0.15, 0.2) is 46.9 Å². The molecule has 1 unspecified atom stereocenters. The summed E-state index contributed by atoms with van der Waals surface area (Å²) in [4.78, 5) is 0. The minimum atomic E-state index is 0.0821. The van der Waals surface area contributed by atoms with Crippen LogP contribution < -0.4 is 15.2 Å². The van der Waals surface area contributed by atoms with Crippen LogP contribution in [0.3, 0.4) is 0 Å². The molecule has 2 aromatic rings. The van der Waals surface area contributed by atoms with E-state index in [-0.39, 0.29) is 6.04 Å².